The molecule has 1 unspecified atom stereocenters. The molecule has 1 heterocycles. The van der Waals surface area contributed by atoms with Gasteiger partial charge in [0.1, 0.15) is 5.82 Å². The van der Waals surface area contributed by atoms with E-state index in [2.05, 4.69) is 9.72 Å². The Balaban J connectivity index is 3.06. The van der Waals surface area contributed by atoms with Crippen molar-refractivity contribution in [2.24, 2.45) is 0 Å². The van der Waals surface area contributed by atoms with E-state index in [1.54, 1.807) is 0 Å². The number of aromatic nitrogens is 1. The Morgan fingerprint density at radius 3 is 2.62 bits per heavy atom. The molecule has 0 aliphatic rings. The number of hydrogen-bond acceptors (Lipinski definition) is 4. The average molecular weight is 234 g/mol. The van der Waals surface area contributed by atoms with E-state index in [9.17, 15) is 18.0 Å². The summed E-state index contributed by atoms with van der Waals surface area (Å²) in [6.07, 6.45) is -5.87. The minimum absolute atomic E-state index is 0.0705. The molecule has 1 aromatic rings. The monoisotopic (exact) mass is 234 g/mol. The van der Waals surface area contributed by atoms with Crippen LogP contribution in [0.3, 0.4) is 0 Å². The summed E-state index contributed by atoms with van der Waals surface area (Å²) in [5.41, 5.74) is 5.00. The molecule has 0 amide bonds. The van der Waals surface area contributed by atoms with Gasteiger partial charge in [0.25, 0.3) is 0 Å². The van der Waals surface area contributed by atoms with Crippen LogP contribution in [0.1, 0.15) is 18.6 Å². The number of rotatable bonds is 2. The first-order valence-electron chi connectivity index (χ1n) is 4.26. The van der Waals surface area contributed by atoms with Gasteiger partial charge in [-0.05, 0) is 12.1 Å². The van der Waals surface area contributed by atoms with Crippen LogP contribution in [0.2, 0.25) is 0 Å². The zero-order valence-corrected chi connectivity index (χ0v) is 8.28. The van der Waals surface area contributed by atoms with Crippen LogP contribution in [0.5, 0.6) is 0 Å². The molecule has 1 aromatic heterocycles. The lowest BCUT2D eigenvalue weighted by molar-refractivity contribution is -0.222. The summed E-state index contributed by atoms with van der Waals surface area (Å²) in [6, 6.07) is 2.11. The van der Waals surface area contributed by atoms with E-state index in [1.165, 1.54) is 0 Å². The first-order valence-corrected chi connectivity index (χ1v) is 4.26. The van der Waals surface area contributed by atoms with Crippen molar-refractivity contribution in [3.63, 3.8) is 0 Å². The van der Waals surface area contributed by atoms with E-state index in [4.69, 9.17) is 5.73 Å². The quantitative estimate of drug-likeness (QED) is 0.793. The number of carbonyl (C=O) groups is 1. The van der Waals surface area contributed by atoms with Gasteiger partial charge in [-0.25, -0.2) is 4.98 Å². The zero-order valence-electron chi connectivity index (χ0n) is 8.28. The van der Waals surface area contributed by atoms with Crippen LogP contribution in [-0.2, 0) is 9.53 Å². The highest BCUT2D eigenvalue weighted by molar-refractivity contribution is 5.66. The summed E-state index contributed by atoms with van der Waals surface area (Å²) in [4.78, 5) is 14.1. The van der Waals surface area contributed by atoms with Gasteiger partial charge < -0.3 is 10.5 Å². The fourth-order valence-electron chi connectivity index (χ4n) is 1.12. The zero-order chi connectivity index (χ0) is 12.3. The van der Waals surface area contributed by atoms with Gasteiger partial charge in [-0.2, -0.15) is 13.2 Å². The van der Waals surface area contributed by atoms with Crippen LogP contribution < -0.4 is 5.73 Å². The predicted octanol–water partition coefficient (Wildman–Crippen LogP) is 1.83. The maximum absolute atomic E-state index is 12.6. The van der Waals surface area contributed by atoms with E-state index in [1.807, 2.05) is 0 Å². The Kier molecular flexibility index (Phi) is 3.36. The summed E-state index contributed by atoms with van der Waals surface area (Å²) in [7, 11) is 0. The maximum atomic E-state index is 12.6. The lowest BCUT2D eigenvalue weighted by Crippen LogP contribution is -2.25. The van der Waals surface area contributed by atoms with Crippen LogP contribution in [0.4, 0.5) is 19.0 Å². The molecule has 0 saturated carbocycles. The molecule has 0 bridgehead atoms. The highest BCUT2D eigenvalue weighted by Gasteiger charge is 2.43. The first kappa shape index (κ1) is 12.3. The summed E-state index contributed by atoms with van der Waals surface area (Å²) in [6.45, 7) is 0.906. The van der Waals surface area contributed by atoms with Crippen molar-refractivity contribution >= 4 is 11.8 Å². The summed E-state index contributed by atoms with van der Waals surface area (Å²) >= 11 is 0. The number of nitrogens with zero attached hydrogens (tertiary/aromatic N) is 1. The molecule has 1 rings (SSSR count). The highest BCUT2D eigenvalue weighted by atomic mass is 19.4. The third-order valence-electron chi connectivity index (χ3n) is 1.69. The van der Waals surface area contributed by atoms with E-state index in [0.29, 0.717) is 0 Å². The van der Waals surface area contributed by atoms with Crippen molar-refractivity contribution in [2.45, 2.75) is 19.2 Å². The smallest absolute Gasteiger partial charge is 0.429 e. The number of esters is 1. The number of ether oxygens (including phenoxy) is 1. The van der Waals surface area contributed by atoms with Gasteiger partial charge in [-0.15, -0.1) is 0 Å². The summed E-state index contributed by atoms with van der Waals surface area (Å²) < 4.78 is 41.9. The van der Waals surface area contributed by atoms with Gasteiger partial charge in [-0.3, -0.25) is 4.79 Å². The Labute approximate surface area is 89.2 Å². The van der Waals surface area contributed by atoms with Crippen LogP contribution in [0.15, 0.2) is 18.3 Å². The van der Waals surface area contributed by atoms with Gasteiger partial charge in [0.2, 0.25) is 6.10 Å². The minimum atomic E-state index is -4.68. The van der Waals surface area contributed by atoms with Gasteiger partial charge in [0.05, 0.1) is 0 Å². The molecule has 88 valence electrons. The minimum Gasteiger partial charge on any atom is -0.448 e. The number of pyridine rings is 1. The number of carbonyl (C=O) groups excluding carboxylic acids is 1. The molecule has 0 aromatic carbocycles. The van der Waals surface area contributed by atoms with E-state index < -0.39 is 18.2 Å². The van der Waals surface area contributed by atoms with Gasteiger partial charge in [0.15, 0.2) is 0 Å². The molecule has 0 aliphatic heterocycles. The fourth-order valence-corrected chi connectivity index (χ4v) is 1.12. The van der Waals surface area contributed by atoms with Gasteiger partial charge in [-0.1, -0.05) is 0 Å². The molecular weight excluding hydrogens is 225 g/mol. The van der Waals surface area contributed by atoms with E-state index in [-0.39, 0.29) is 11.4 Å². The fraction of sp³-hybridized carbons (Fsp3) is 0.333. The second-order valence-corrected chi connectivity index (χ2v) is 3.05. The lowest BCUT2D eigenvalue weighted by atomic mass is 10.1. The third-order valence-corrected chi connectivity index (χ3v) is 1.69. The van der Waals surface area contributed by atoms with E-state index in [0.717, 1.165) is 25.3 Å². The second-order valence-electron chi connectivity index (χ2n) is 3.05. The van der Waals surface area contributed by atoms with Crippen LogP contribution in [0, 0.1) is 0 Å². The van der Waals surface area contributed by atoms with E-state index >= 15 is 0 Å². The predicted molar refractivity (Wildman–Crippen MR) is 49.2 cm³/mol. The standard InChI is InChI=1S/C9H9F3N2O2/c1-5(15)16-8(9(10,11)12)6-2-3-14-7(13)4-6/h2-4,8H,1H3,(H2,13,14). The SMILES string of the molecule is CC(=O)OC(c1ccnc(N)c1)C(F)(F)F. The lowest BCUT2D eigenvalue weighted by Gasteiger charge is -2.20. The molecule has 4 nitrogen and oxygen atoms in total. The number of alkyl halides is 3. The van der Waals surface area contributed by atoms with Crippen LogP contribution in [-0.4, -0.2) is 17.1 Å². The topological polar surface area (TPSA) is 65.2 Å². The number of anilines is 1. The van der Waals surface area contributed by atoms with Gasteiger partial charge in [0, 0.05) is 18.7 Å². The molecule has 2 N–H and O–H groups in total. The molecule has 7 heteroatoms. The first-order chi connectivity index (χ1) is 7.30. The molecule has 0 spiro atoms. The normalized spacial score (nSPS) is 13.2. The Morgan fingerprint density at radius 1 is 1.56 bits per heavy atom. The second kappa shape index (κ2) is 4.38. The van der Waals surface area contributed by atoms with Crippen molar-refractivity contribution in [2.75, 3.05) is 5.73 Å². The number of halogens is 3. The Bertz CT molecular complexity index is 393. The Hall–Kier alpha value is -1.79. The third kappa shape index (κ3) is 3.11. The Morgan fingerprint density at radius 2 is 2.19 bits per heavy atom. The van der Waals surface area contributed by atoms with Crippen molar-refractivity contribution in [1.29, 1.82) is 0 Å². The van der Waals surface area contributed by atoms with Crippen LogP contribution >= 0.6 is 0 Å². The number of nitrogens with two attached hydrogens (primary N) is 1. The molecule has 0 aliphatic carbocycles. The number of hydrogen-bond donors (Lipinski definition) is 1. The molecule has 1 atom stereocenters. The molecule has 0 radical (unpaired) electrons. The molecule has 0 saturated heterocycles. The number of nitrogen functional groups attached to an aromatic ring is 1. The molecule has 0 fully saturated rings. The molecular formula is C9H9F3N2O2. The van der Waals surface area contributed by atoms with Crippen molar-refractivity contribution in [3.05, 3.63) is 23.9 Å². The van der Waals surface area contributed by atoms with Crippen molar-refractivity contribution < 1.29 is 22.7 Å². The highest BCUT2D eigenvalue weighted by Crippen LogP contribution is 2.36. The van der Waals surface area contributed by atoms with Crippen LogP contribution in [0.25, 0.3) is 0 Å². The largest absolute Gasteiger partial charge is 0.448 e. The maximum Gasteiger partial charge on any atom is 0.429 e. The average Bonchev–Trinajstić information content (AvgIpc) is 2.12. The van der Waals surface area contributed by atoms with Crippen molar-refractivity contribution in [1.82, 2.24) is 4.98 Å². The molecule has 16 heavy (non-hydrogen) atoms. The summed E-state index contributed by atoms with van der Waals surface area (Å²) in [5.74, 6) is -1.09. The van der Waals surface area contributed by atoms with Gasteiger partial charge >= 0.3 is 12.1 Å². The van der Waals surface area contributed by atoms with Crippen molar-refractivity contribution in [3.8, 4) is 0 Å². The summed E-state index contributed by atoms with van der Waals surface area (Å²) in [5, 5.41) is 0.